The number of carbonyl (C=O) groups excluding carboxylic acids is 2. The number of aliphatic hydroxyl groups is 1. The molecule has 138 valence electrons. The second-order valence-electron chi connectivity index (χ2n) is 8.99. The van der Waals surface area contributed by atoms with Gasteiger partial charge in [0, 0.05) is 23.8 Å². The molecule has 4 heteroatoms. The van der Waals surface area contributed by atoms with Crippen LogP contribution in [-0.2, 0) is 14.3 Å². The van der Waals surface area contributed by atoms with E-state index in [4.69, 9.17) is 4.74 Å². The van der Waals surface area contributed by atoms with Crippen molar-refractivity contribution in [1.29, 1.82) is 0 Å². The zero-order chi connectivity index (χ0) is 18.1. The number of allylic oxidation sites excluding steroid dienone is 3. The van der Waals surface area contributed by atoms with Gasteiger partial charge >= 0.3 is 5.97 Å². The zero-order valence-corrected chi connectivity index (χ0v) is 15.3. The molecule has 5 rings (SSSR count). The van der Waals surface area contributed by atoms with Gasteiger partial charge in [0.2, 0.25) is 0 Å². The van der Waals surface area contributed by atoms with Crippen LogP contribution in [0.4, 0.5) is 0 Å². The minimum Gasteiger partial charge on any atom is -0.458 e. The Morgan fingerprint density at radius 2 is 1.88 bits per heavy atom. The summed E-state index contributed by atoms with van der Waals surface area (Å²) in [6, 6.07) is 0. The lowest BCUT2D eigenvalue weighted by atomic mass is 9.53. The standard InChI is InChI=1S/C22H26O4/c1-21-8-6-17-16-4-3-15(23)10-13(16)2-5-19(17)22(21,25)9-7-18(21)14-11-20(24)26-12-14/h10-11,18-19,25H,2-9,12H2,1H3/t18-,19-,21-,22+/m1/s1. The quantitative estimate of drug-likeness (QED) is 0.733. The van der Waals surface area contributed by atoms with E-state index in [1.807, 2.05) is 6.08 Å². The van der Waals surface area contributed by atoms with Crippen LogP contribution in [0.2, 0.25) is 0 Å². The molecule has 26 heavy (non-hydrogen) atoms. The highest BCUT2D eigenvalue weighted by Crippen LogP contribution is 2.65. The maximum absolute atomic E-state index is 11.9. The minimum atomic E-state index is -0.711. The summed E-state index contributed by atoms with van der Waals surface area (Å²) >= 11 is 0. The smallest absolute Gasteiger partial charge is 0.331 e. The summed E-state index contributed by atoms with van der Waals surface area (Å²) in [5.41, 5.74) is 4.18. The minimum absolute atomic E-state index is 0.199. The summed E-state index contributed by atoms with van der Waals surface area (Å²) < 4.78 is 5.16. The molecule has 0 aromatic carbocycles. The number of fused-ring (bicyclic) bond motifs is 4. The number of hydrogen-bond acceptors (Lipinski definition) is 4. The molecule has 0 spiro atoms. The van der Waals surface area contributed by atoms with E-state index >= 15 is 0 Å². The molecule has 0 saturated heterocycles. The molecule has 0 aromatic heterocycles. The van der Waals surface area contributed by atoms with Crippen molar-refractivity contribution < 1.29 is 19.4 Å². The average molecular weight is 354 g/mol. The van der Waals surface area contributed by atoms with E-state index in [-0.39, 0.29) is 29.0 Å². The van der Waals surface area contributed by atoms with Gasteiger partial charge in [-0.15, -0.1) is 0 Å². The summed E-state index contributed by atoms with van der Waals surface area (Å²) in [6.45, 7) is 2.62. The molecule has 0 radical (unpaired) electrons. The summed E-state index contributed by atoms with van der Waals surface area (Å²) in [7, 11) is 0. The third-order valence-corrected chi connectivity index (χ3v) is 8.05. The fourth-order valence-corrected chi connectivity index (χ4v) is 6.70. The number of ketones is 1. The Labute approximate surface area is 154 Å². The van der Waals surface area contributed by atoms with Gasteiger partial charge in [-0.1, -0.05) is 12.5 Å². The molecule has 0 bridgehead atoms. The first-order valence-corrected chi connectivity index (χ1v) is 9.98. The number of cyclic esters (lactones) is 1. The van der Waals surface area contributed by atoms with Crippen molar-refractivity contribution in [3.8, 4) is 0 Å². The number of carbonyl (C=O) groups is 2. The van der Waals surface area contributed by atoms with Crippen LogP contribution in [0, 0.1) is 17.3 Å². The van der Waals surface area contributed by atoms with Crippen molar-refractivity contribution in [2.45, 2.75) is 63.9 Å². The monoisotopic (exact) mass is 354 g/mol. The van der Waals surface area contributed by atoms with E-state index in [9.17, 15) is 14.7 Å². The highest BCUT2D eigenvalue weighted by atomic mass is 16.5. The Kier molecular flexibility index (Phi) is 3.43. The lowest BCUT2D eigenvalue weighted by molar-refractivity contribution is -0.135. The van der Waals surface area contributed by atoms with E-state index < -0.39 is 5.60 Å². The largest absolute Gasteiger partial charge is 0.458 e. The highest BCUT2D eigenvalue weighted by Gasteiger charge is 2.63. The van der Waals surface area contributed by atoms with Gasteiger partial charge in [-0.2, -0.15) is 0 Å². The van der Waals surface area contributed by atoms with Gasteiger partial charge < -0.3 is 9.84 Å². The second-order valence-corrected chi connectivity index (χ2v) is 8.99. The molecule has 2 fully saturated rings. The molecular weight excluding hydrogens is 328 g/mol. The van der Waals surface area contributed by atoms with Gasteiger partial charge in [0.05, 0.1) is 5.60 Å². The lowest BCUT2D eigenvalue weighted by Crippen LogP contribution is -2.55. The van der Waals surface area contributed by atoms with Gasteiger partial charge in [-0.05, 0) is 73.7 Å². The van der Waals surface area contributed by atoms with E-state index in [1.165, 1.54) is 16.7 Å². The maximum atomic E-state index is 11.9. The van der Waals surface area contributed by atoms with Crippen LogP contribution >= 0.6 is 0 Å². The molecule has 4 atom stereocenters. The third kappa shape index (κ3) is 2.05. The topological polar surface area (TPSA) is 63.6 Å². The Bertz CT molecular complexity index is 801. The van der Waals surface area contributed by atoms with E-state index in [2.05, 4.69) is 6.92 Å². The Morgan fingerprint density at radius 1 is 1.04 bits per heavy atom. The van der Waals surface area contributed by atoms with Crippen LogP contribution < -0.4 is 0 Å². The van der Waals surface area contributed by atoms with Crippen molar-refractivity contribution in [2.75, 3.05) is 6.61 Å². The predicted octanol–water partition coefficient (Wildman–Crippen LogP) is 3.41. The Morgan fingerprint density at radius 3 is 2.65 bits per heavy atom. The number of esters is 1. The van der Waals surface area contributed by atoms with Crippen molar-refractivity contribution in [2.24, 2.45) is 17.3 Å². The van der Waals surface area contributed by atoms with Crippen molar-refractivity contribution in [3.63, 3.8) is 0 Å². The number of ether oxygens (including phenoxy) is 1. The van der Waals surface area contributed by atoms with Gasteiger partial charge in [0.15, 0.2) is 5.78 Å². The zero-order valence-electron chi connectivity index (χ0n) is 15.3. The van der Waals surface area contributed by atoms with Crippen LogP contribution in [0.1, 0.15) is 58.3 Å². The van der Waals surface area contributed by atoms with Crippen LogP contribution in [0.3, 0.4) is 0 Å². The molecule has 0 unspecified atom stereocenters. The molecule has 5 aliphatic rings. The highest BCUT2D eigenvalue weighted by molar-refractivity contribution is 5.93. The first-order chi connectivity index (χ1) is 12.4. The maximum Gasteiger partial charge on any atom is 0.331 e. The van der Waals surface area contributed by atoms with Gasteiger partial charge in [0.25, 0.3) is 0 Å². The van der Waals surface area contributed by atoms with Gasteiger partial charge in [0.1, 0.15) is 6.61 Å². The van der Waals surface area contributed by atoms with Crippen LogP contribution in [0.25, 0.3) is 0 Å². The number of rotatable bonds is 1. The molecular formula is C22H26O4. The number of hydrogen-bond donors (Lipinski definition) is 1. The Balaban J connectivity index is 1.54. The van der Waals surface area contributed by atoms with Crippen LogP contribution in [0.5, 0.6) is 0 Å². The summed E-state index contributed by atoms with van der Waals surface area (Å²) in [5.74, 6) is 0.443. The predicted molar refractivity (Wildman–Crippen MR) is 96.1 cm³/mol. The van der Waals surface area contributed by atoms with E-state index in [0.29, 0.717) is 13.0 Å². The first kappa shape index (κ1) is 16.5. The van der Waals surface area contributed by atoms with E-state index in [1.54, 1.807) is 6.08 Å². The van der Waals surface area contributed by atoms with Crippen LogP contribution in [-0.4, -0.2) is 29.1 Å². The molecule has 1 N–H and O–H groups in total. The third-order valence-electron chi connectivity index (χ3n) is 8.05. The van der Waals surface area contributed by atoms with E-state index in [0.717, 1.165) is 50.5 Å². The van der Waals surface area contributed by atoms with Crippen molar-refractivity contribution >= 4 is 11.8 Å². The molecule has 0 aromatic rings. The molecule has 4 nitrogen and oxygen atoms in total. The van der Waals surface area contributed by atoms with Gasteiger partial charge in [-0.3, -0.25) is 4.79 Å². The van der Waals surface area contributed by atoms with Gasteiger partial charge in [-0.25, -0.2) is 4.79 Å². The SMILES string of the molecule is C[C@]12CCC3=C4CCC(=O)C=C4CC[C@H]3[C@@]1(O)CC[C@@H]2C1=CC(=O)OC1. The summed E-state index contributed by atoms with van der Waals surface area (Å²) in [6.07, 6.45) is 10.5. The molecule has 1 aliphatic heterocycles. The fraction of sp³-hybridized carbons (Fsp3) is 0.636. The Hall–Kier alpha value is -1.68. The second kappa shape index (κ2) is 5.41. The summed E-state index contributed by atoms with van der Waals surface area (Å²) in [4.78, 5) is 23.4. The molecule has 1 heterocycles. The van der Waals surface area contributed by atoms with Crippen LogP contribution in [0.15, 0.2) is 34.4 Å². The lowest BCUT2D eigenvalue weighted by Gasteiger charge is -2.54. The summed E-state index contributed by atoms with van der Waals surface area (Å²) in [5, 5.41) is 11.9. The molecule has 2 saturated carbocycles. The molecule has 4 aliphatic carbocycles. The average Bonchev–Trinajstić information content (AvgIpc) is 3.15. The van der Waals surface area contributed by atoms with Crippen molar-refractivity contribution in [3.05, 3.63) is 34.4 Å². The van der Waals surface area contributed by atoms with Crippen molar-refractivity contribution in [1.82, 2.24) is 0 Å². The molecule has 0 amide bonds. The normalized spacial score (nSPS) is 41.9. The first-order valence-electron chi connectivity index (χ1n) is 9.98. The fourth-order valence-electron chi connectivity index (χ4n) is 6.70.